The number of hydrogen-bond donors (Lipinski definition) is 1. The fourth-order valence-electron chi connectivity index (χ4n) is 2.50. The highest BCUT2D eigenvalue weighted by Gasteiger charge is 2.31. The minimum Gasteiger partial charge on any atom is -0.384 e. The van der Waals surface area contributed by atoms with Gasteiger partial charge in [-0.05, 0) is 24.6 Å². The van der Waals surface area contributed by atoms with Gasteiger partial charge in [-0.3, -0.25) is 0 Å². The van der Waals surface area contributed by atoms with Crippen LogP contribution in [0.25, 0.3) is 11.3 Å². The minimum absolute atomic E-state index is 0.00121. The summed E-state index contributed by atoms with van der Waals surface area (Å²) in [6.45, 7) is 0. The van der Waals surface area contributed by atoms with Gasteiger partial charge in [0.15, 0.2) is 9.84 Å². The first-order chi connectivity index (χ1) is 9.85. The van der Waals surface area contributed by atoms with Crippen LogP contribution in [0.1, 0.15) is 12.5 Å². The molecule has 2 N–H and O–H groups in total. The molecule has 1 unspecified atom stereocenters. The molecule has 0 aliphatic carbocycles. The molecule has 5 nitrogen and oxygen atoms in total. The van der Waals surface area contributed by atoms with Gasteiger partial charge < -0.3 is 5.73 Å². The summed E-state index contributed by atoms with van der Waals surface area (Å²) in [6.07, 6.45) is 0.416. The lowest BCUT2D eigenvalue weighted by atomic mass is 10.1. The maximum atomic E-state index is 13.7. The summed E-state index contributed by atoms with van der Waals surface area (Å²) < 4.78 is 51.4. The molecule has 3 rings (SSSR count). The Hall–Kier alpha value is -1.96. The first-order valence-electron chi connectivity index (χ1n) is 6.36. The number of nitrogens with two attached hydrogens (primary N) is 1. The molecule has 1 aliphatic rings. The first-order valence-corrected chi connectivity index (χ1v) is 8.19. The molecule has 21 heavy (non-hydrogen) atoms. The van der Waals surface area contributed by atoms with Crippen molar-refractivity contribution in [2.24, 2.45) is 0 Å². The van der Waals surface area contributed by atoms with Crippen molar-refractivity contribution >= 4 is 15.7 Å². The maximum absolute atomic E-state index is 13.7. The van der Waals surface area contributed by atoms with Crippen molar-refractivity contribution in [2.75, 3.05) is 17.2 Å². The van der Waals surface area contributed by atoms with Gasteiger partial charge in [0.25, 0.3) is 0 Å². The average molecular weight is 313 g/mol. The normalized spacial score (nSPS) is 20.8. The summed E-state index contributed by atoms with van der Waals surface area (Å²) in [7, 11) is -3.08. The topological polar surface area (TPSA) is 78.0 Å². The summed E-state index contributed by atoms with van der Waals surface area (Å²) in [5, 5.41) is 4.15. The second-order valence-corrected chi connectivity index (χ2v) is 7.31. The Morgan fingerprint density at radius 3 is 2.71 bits per heavy atom. The minimum atomic E-state index is -3.08. The van der Waals surface area contributed by atoms with Crippen molar-refractivity contribution in [1.82, 2.24) is 9.78 Å². The molecule has 0 saturated carbocycles. The summed E-state index contributed by atoms with van der Waals surface area (Å²) in [6, 6.07) is 4.12. The van der Waals surface area contributed by atoms with Gasteiger partial charge in [0, 0.05) is 11.6 Å². The van der Waals surface area contributed by atoms with Crippen LogP contribution in [0.5, 0.6) is 0 Å². The molecule has 1 aromatic carbocycles. The van der Waals surface area contributed by atoms with E-state index in [2.05, 4.69) is 5.10 Å². The lowest BCUT2D eigenvalue weighted by Crippen LogP contribution is -2.14. The molecule has 2 heterocycles. The number of halogens is 2. The van der Waals surface area contributed by atoms with E-state index in [1.54, 1.807) is 0 Å². The Kier molecular flexibility index (Phi) is 3.20. The SMILES string of the molecule is Nc1cc(-c2cc(F)ccc2F)nn1C1CCS(=O)(=O)C1. The number of hydrogen-bond acceptors (Lipinski definition) is 4. The second kappa shape index (κ2) is 4.80. The Bertz CT molecular complexity index is 802. The first kappa shape index (κ1) is 14.0. The largest absolute Gasteiger partial charge is 0.384 e. The zero-order valence-electron chi connectivity index (χ0n) is 11.0. The summed E-state index contributed by atoms with van der Waals surface area (Å²) in [4.78, 5) is 0. The molecule has 0 radical (unpaired) electrons. The van der Waals surface area contributed by atoms with E-state index in [1.165, 1.54) is 10.7 Å². The van der Waals surface area contributed by atoms with E-state index in [9.17, 15) is 17.2 Å². The predicted octanol–water partition coefficient (Wildman–Crippen LogP) is 1.77. The highest BCUT2D eigenvalue weighted by molar-refractivity contribution is 7.91. The number of benzene rings is 1. The maximum Gasteiger partial charge on any atom is 0.152 e. The van der Waals surface area contributed by atoms with Crippen LogP contribution in [0.15, 0.2) is 24.3 Å². The highest BCUT2D eigenvalue weighted by atomic mass is 32.2. The molecule has 8 heteroatoms. The van der Waals surface area contributed by atoms with Gasteiger partial charge in [0.05, 0.1) is 23.2 Å². The van der Waals surface area contributed by atoms with Gasteiger partial charge in [0.1, 0.15) is 17.5 Å². The third-order valence-corrected chi connectivity index (χ3v) is 5.27. The van der Waals surface area contributed by atoms with Gasteiger partial charge in [-0.2, -0.15) is 5.10 Å². The molecule has 1 aromatic heterocycles. The molecule has 2 aromatic rings. The summed E-state index contributed by atoms with van der Waals surface area (Å²) >= 11 is 0. The summed E-state index contributed by atoms with van der Waals surface area (Å²) in [5.74, 6) is -0.913. The fourth-order valence-corrected chi connectivity index (χ4v) is 4.19. The van der Waals surface area contributed by atoms with Crippen LogP contribution in [-0.2, 0) is 9.84 Å². The van der Waals surface area contributed by atoms with Gasteiger partial charge in [-0.15, -0.1) is 0 Å². The van der Waals surface area contributed by atoms with E-state index in [1.807, 2.05) is 0 Å². The van der Waals surface area contributed by atoms with E-state index in [-0.39, 0.29) is 34.6 Å². The van der Waals surface area contributed by atoms with Crippen molar-refractivity contribution < 1.29 is 17.2 Å². The molecule has 1 atom stereocenters. The van der Waals surface area contributed by atoms with Crippen LogP contribution in [0.2, 0.25) is 0 Å². The third-order valence-electron chi connectivity index (χ3n) is 3.52. The Morgan fingerprint density at radius 1 is 1.29 bits per heavy atom. The van der Waals surface area contributed by atoms with Crippen molar-refractivity contribution in [3.05, 3.63) is 35.9 Å². The monoisotopic (exact) mass is 313 g/mol. The zero-order chi connectivity index (χ0) is 15.2. The van der Waals surface area contributed by atoms with E-state index in [0.29, 0.717) is 6.42 Å². The summed E-state index contributed by atoms with van der Waals surface area (Å²) in [5.41, 5.74) is 6.01. The van der Waals surface area contributed by atoms with Gasteiger partial charge in [0.2, 0.25) is 0 Å². The zero-order valence-corrected chi connectivity index (χ0v) is 11.8. The molecule has 0 amide bonds. The molecule has 0 spiro atoms. The van der Waals surface area contributed by atoms with Crippen LogP contribution in [0, 0.1) is 11.6 Å². The molecule has 1 aliphatic heterocycles. The lowest BCUT2D eigenvalue weighted by Gasteiger charge is -2.10. The van der Waals surface area contributed by atoms with Crippen LogP contribution >= 0.6 is 0 Å². The van der Waals surface area contributed by atoms with Crippen LogP contribution in [-0.4, -0.2) is 29.7 Å². The van der Waals surface area contributed by atoms with Gasteiger partial charge >= 0.3 is 0 Å². The molecular formula is C13H13F2N3O2S. The molecule has 0 bridgehead atoms. The highest BCUT2D eigenvalue weighted by Crippen LogP contribution is 2.30. The average Bonchev–Trinajstić information content (AvgIpc) is 2.95. The Balaban J connectivity index is 2.00. The van der Waals surface area contributed by atoms with Crippen molar-refractivity contribution in [2.45, 2.75) is 12.5 Å². The van der Waals surface area contributed by atoms with Crippen LogP contribution in [0.3, 0.4) is 0 Å². The van der Waals surface area contributed by atoms with E-state index >= 15 is 0 Å². The smallest absolute Gasteiger partial charge is 0.152 e. The van der Waals surface area contributed by atoms with E-state index in [4.69, 9.17) is 5.73 Å². The Labute approximate surface area is 120 Å². The number of sulfone groups is 1. The molecule has 1 fully saturated rings. The van der Waals surface area contributed by atoms with Crippen LogP contribution < -0.4 is 5.73 Å². The quantitative estimate of drug-likeness (QED) is 0.916. The fraction of sp³-hybridized carbons (Fsp3) is 0.308. The molecular weight excluding hydrogens is 300 g/mol. The van der Waals surface area contributed by atoms with Crippen molar-refractivity contribution in [3.63, 3.8) is 0 Å². The number of rotatable bonds is 2. The lowest BCUT2D eigenvalue weighted by molar-refractivity contribution is 0.507. The van der Waals surface area contributed by atoms with E-state index in [0.717, 1.165) is 18.2 Å². The number of nitrogen functional groups attached to an aromatic ring is 1. The third kappa shape index (κ3) is 2.63. The number of aromatic nitrogens is 2. The Morgan fingerprint density at radius 2 is 2.05 bits per heavy atom. The van der Waals surface area contributed by atoms with Crippen molar-refractivity contribution in [1.29, 1.82) is 0 Å². The van der Waals surface area contributed by atoms with Crippen LogP contribution in [0.4, 0.5) is 14.6 Å². The number of nitrogens with zero attached hydrogens (tertiary/aromatic N) is 2. The van der Waals surface area contributed by atoms with E-state index < -0.39 is 21.5 Å². The number of anilines is 1. The van der Waals surface area contributed by atoms with Gasteiger partial charge in [-0.25, -0.2) is 21.9 Å². The standard InChI is InChI=1S/C13H13F2N3O2S/c14-8-1-2-11(15)10(5-8)12-6-13(16)18(17-12)9-3-4-21(19,20)7-9/h1-2,5-6,9H,3-4,7,16H2. The van der Waals surface area contributed by atoms with Gasteiger partial charge in [-0.1, -0.05) is 0 Å². The molecule has 1 saturated heterocycles. The predicted molar refractivity (Wildman–Crippen MR) is 74.3 cm³/mol. The van der Waals surface area contributed by atoms with Crippen molar-refractivity contribution in [3.8, 4) is 11.3 Å². The molecule has 112 valence electrons. The second-order valence-electron chi connectivity index (χ2n) is 5.08.